The predicted octanol–water partition coefficient (Wildman–Crippen LogP) is 2.99. The van der Waals surface area contributed by atoms with Crippen LogP contribution in [-0.2, 0) is 7.05 Å². The van der Waals surface area contributed by atoms with Crippen LogP contribution in [0.5, 0.6) is 0 Å². The number of fused-ring (bicyclic) bond motifs is 1. The number of aromatic nitrogens is 4. The van der Waals surface area contributed by atoms with Gasteiger partial charge in [-0.05, 0) is 25.1 Å². The molecule has 3 rings (SSSR count). The van der Waals surface area contributed by atoms with Crippen molar-refractivity contribution in [3.05, 3.63) is 41.4 Å². The third-order valence-corrected chi connectivity index (χ3v) is 3.32. The first-order chi connectivity index (χ1) is 8.66. The molecule has 4 nitrogen and oxygen atoms in total. The molecule has 0 N–H and O–H groups in total. The van der Waals surface area contributed by atoms with Crippen molar-refractivity contribution in [2.75, 3.05) is 0 Å². The molecule has 0 saturated carbocycles. The van der Waals surface area contributed by atoms with Crippen molar-refractivity contribution in [1.82, 2.24) is 19.5 Å². The number of hydrogen-bond donors (Lipinski definition) is 0. The molecule has 0 spiro atoms. The standard InChI is InChI=1S/C13H11ClN4/c1-8-10-7-11(14)18(2)13(10)17-12(16-8)9-3-5-15-6-4-9/h3-7H,1-2H3. The summed E-state index contributed by atoms with van der Waals surface area (Å²) in [7, 11) is 1.90. The molecule has 0 amide bonds. The molecule has 0 bridgehead atoms. The maximum Gasteiger partial charge on any atom is 0.161 e. The molecule has 3 heterocycles. The predicted molar refractivity (Wildman–Crippen MR) is 71.5 cm³/mol. The second kappa shape index (κ2) is 4.07. The normalized spacial score (nSPS) is 11.1. The number of nitrogens with zero attached hydrogens (tertiary/aromatic N) is 4. The third-order valence-electron chi connectivity index (χ3n) is 2.96. The van der Waals surface area contributed by atoms with E-state index in [9.17, 15) is 0 Å². The molecule has 0 fully saturated rings. The van der Waals surface area contributed by atoms with E-state index in [0.717, 1.165) is 22.3 Å². The van der Waals surface area contributed by atoms with Crippen molar-refractivity contribution in [2.45, 2.75) is 6.92 Å². The summed E-state index contributed by atoms with van der Waals surface area (Å²) in [4.78, 5) is 13.1. The van der Waals surface area contributed by atoms with Crippen LogP contribution in [0.25, 0.3) is 22.4 Å². The molecular weight excluding hydrogens is 248 g/mol. The SMILES string of the molecule is Cc1nc(-c2ccncc2)nc2c1cc(Cl)n2C. The van der Waals surface area contributed by atoms with Gasteiger partial charge in [-0.25, -0.2) is 9.97 Å². The lowest BCUT2D eigenvalue weighted by Gasteiger charge is -2.04. The minimum atomic E-state index is 0.661. The number of aryl methyl sites for hydroxylation is 2. The van der Waals surface area contributed by atoms with E-state index in [1.54, 1.807) is 12.4 Å². The van der Waals surface area contributed by atoms with Crippen molar-refractivity contribution >= 4 is 22.6 Å². The molecule has 0 saturated heterocycles. The van der Waals surface area contributed by atoms with E-state index < -0.39 is 0 Å². The van der Waals surface area contributed by atoms with E-state index in [4.69, 9.17) is 11.6 Å². The van der Waals surface area contributed by atoms with Crippen LogP contribution in [0.1, 0.15) is 5.69 Å². The van der Waals surface area contributed by atoms with Crippen LogP contribution >= 0.6 is 11.6 Å². The van der Waals surface area contributed by atoms with Gasteiger partial charge >= 0.3 is 0 Å². The van der Waals surface area contributed by atoms with Gasteiger partial charge in [0.15, 0.2) is 5.82 Å². The van der Waals surface area contributed by atoms with Crippen molar-refractivity contribution in [3.63, 3.8) is 0 Å². The second-order valence-electron chi connectivity index (χ2n) is 4.13. The summed E-state index contributed by atoms with van der Waals surface area (Å²) in [6.07, 6.45) is 3.46. The molecule has 0 aliphatic heterocycles. The Labute approximate surface area is 109 Å². The summed E-state index contributed by atoms with van der Waals surface area (Å²) in [5, 5.41) is 1.65. The van der Waals surface area contributed by atoms with Crippen LogP contribution in [0, 0.1) is 6.92 Å². The second-order valence-corrected chi connectivity index (χ2v) is 4.52. The lowest BCUT2D eigenvalue weighted by Crippen LogP contribution is -1.96. The first-order valence-electron chi connectivity index (χ1n) is 5.57. The third kappa shape index (κ3) is 1.66. The molecule has 0 atom stereocenters. The van der Waals surface area contributed by atoms with Gasteiger partial charge in [-0.2, -0.15) is 0 Å². The molecule has 0 radical (unpaired) electrons. The largest absolute Gasteiger partial charge is 0.319 e. The van der Waals surface area contributed by atoms with E-state index in [0.29, 0.717) is 11.0 Å². The fraction of sp³-hybridized carbons (Fsp3) is 0.154. The zero-order valence-corrected chi connectivity index (χ0v) is 10.8. The Morgan fingerprint density at radius 1 is 1.17 bits per heavy atom. The number of hydrogen-bond acceptors (Lipinski definition) is 3. The van der Waals surface area contributed by atoms with Gasteiger partial charge < -0.3 is 4.57 Å². The maximum atomic E-state index is 6.11. The Bertz CT molecular complexity index is 719. The molecule has 18 heavy (non-hydrogen) atoms. The first-order valence-corrected chi connectivity index (χ1v) is 5.94. The van der Waals surface area contributed by atoms with E-state index in [-0.39, 0.29) is 0 Å². The van der Waals surface area contributed by atoms with Crippen molar-refractivity contribution in [3.8, 4) is 11.4 Å². The minimum absolute atomic E-state index is 0.661. The van der Waals surface area contributed by atoms with E-state index >= 15 is 0 Å². The maximum absolute atomic E-state index is 6.11. The first kappa shape index (κ1) is 11.2. The summed E-state index contributed by atoms with van der Waals surface area (Å²) in [6.45, 7) is 1.96. The van der Waals surface area contributed by atoms with Gasteiger partial charge in [-0.1, -0.05) is 11.6 Å². The van der Waals surface area contributed by atoms with E-state index in [1.165, 1.54) is 0 Å². The molecule has 0 unspecified atom stereocenters. The Morgan fingerprint density at radius 2 is 1.89 bits per heavy atom. The van der Waals surface area contributed by atoms with Crippen molar-refractivity contribution in [1.29, 1.82) is 0 Å². The molecule has 5 heteroatoms. The van der Waals surface area contributed by atoms with Crippen LogP contribution in [0.4, 0.5) is 0 Å². The molecule has 3 aromatic heterocycles. The van der Waals surface area contributed by atoms with Crippen LogP contribution in [0.3, 0.4) is 0 Å². The highest BCUT2D eigenvalue weighted by Gasteiger charge is 2.11. The highest BCUT2D eigenvalue weighted by atomic mass is 35.5. The Kier molecular flexibility index (Phi) is 2.52. The number of rotatable bonds is 1. The molecule has 3 aromatic rings. The van der Waals surface area contributed by atoms with Crippen LogP contribution in [-0.4, -0.2) is 19.5 Å². The van der Waals surface area contributed by atoms with Gasteiger partial charge in [-0.3, -0.25) is 4.98 Å². The van der Waals surface area contributed by atoms with Crippen LogP contribution in [0.2, 0.25) is 5.15 Å². The zero-order chi connectivity index (χ0) is 12.7. The van der Waals surface area contributed by atoms with Gasteiger partial charge in [0.05, 0.1) is 5.69 Å². The summed E-state index contributed by atoms with van der Waals surface area (Å²) < 4.78 is 1.86. The van der Waals surface area contributed by atoms with E-state index in [2.05, 4.69) is 15.0 Å². The van der Waals surface area contributed by atoms with Crippen LogP contribution < -0.4 is 0 Å². The summed E-state index contributed by atoms with van der Waals surface area (Å²) >= 11 is 6.11. The molecule has 90 valence electrons. The lowest BCUT2D eigenvalue weighted by atomic mass is 10.2. The fourth-order valence-electron chi connectivity index (χ4n) is 1.94. The monoisotopic (exact) mass is 258 g/mol. The highest BCUT2D eigenvalue weighted by Crippen LogP contribution is 2.25. The zero-order valence-electron chi connectivity index (χ0n) is 10.1. The topological polar surface area (TPSA) is 43.6 Å². The Morgan fingerprint density at radius 3 is 2.61 bits per heavy atom. The summed E-state index contributed by atoms with van der Waals surface area (Å²) in [6, 6.07) is 5.68. The smallest absolute Gasteiger partial charge is 0.161 e. The fourth-order valence-corrected chi connectivity index (χ4v) is 2.13. The molecule has 0 aliphatic carbocycles. The minimum Gasteiger partial charge on any atom is -0.319 e. The van der Waals surface area contributed by atoms with Gasteiger partial charge in [0.25, 0.3) is 0 Å². The molecule has 0 aliphatic rings. The Hall–Kier alpha value is -1.94. The molecule has 0 aromatic carbocycles. The quantitative estimate of drug-likeness (QED) is 0.674. The number of pyridine rings is 1. The average molecular weight is 259 g/mol. The van der Waals surface area contributed by atoms with Crippen molar-refractivity contribution < 1.29 is 0 Å². The lowest BCUT2D eigenvalue weighted by molar-refractivity contribution is 0.943. The average Bonchev–Trinajstić information content (AvgIpc) is 2.68. The highest BCUT2D eigenvalue weighted by molar-refractivity contribution is 6.30. The van der Waals surface area contributed by atoms with Gasteiger partial charge in [0.2, 0.25) is 0 Å². The van der Waals surface area contributed by atoms with E-state index in [1.807, 2.05) is 36.7 Å². The summed E-state index contributed by atoms with van der Waals surface area (Å²) in [5.74, 6) is 0.695. The van der Waals surface area contributed by atoms with Gasteiger partial charge in [-0.15, -0.1) is 0 Å². The molecular formula is C13H11ClN4. The summed E-state index contributed by atoms with van der Waals surface area (Å²) in [5.41, 5.74) is 2.72. The van der Waals surface area contributed by atoms with Gasteiger partial charge in [0, 0.05) is 30.4 Å². The Balaban J connectivity index is 2.30. The number of halogens is 1. The van der Waals surface area contributed by atoms with Crippen LogP contribution in [0.15, 0.2) is 30.6 Å². The van der Waals surface area contributed by atoms with Crippen molar-refractivity contribution in [2.24, 2.45) is 7.05 Å². The van der Waals surface area contributed by atoms with Gasteiger partial charge in [0.1, 0.15) is 10.8 Å².